The van der Waals surface area contributed by atoms with E-state index < -0.39 is 0 Å². The van der Waals surface area contributed by atoms with Gasteiger partial charge in [0.25, 0.3) is 0 Å². The Hall–Kier alpha value is -0.770. The van der Waals surface area contributed by atoms with E-state index in [1.165, 1.54) is 25.7 Å². The van der Waals surface area contributed by atoms with Crippen LogP contribution in [0.25, 0.3) is 0 Å². The topological polar surface area (TPSA) is 34.9 Å². The van der Waals surface area contributed by atoms with Crippen LogP contribution in [0.3, 0.4) is 0 Å². The minimum Gasteiger partial charge on any atom is -0.299 e. The number of thioether (sulfide) groups is 1. The second-order valence-electron chi connectivity index (χ2n) is 5.43. The smallest absolute Gasteiger partial charge is 0.142 e. The van der Waals surface area contributed by atoms with Crippen molar-refractivity contribution < 1.29 is 4.79 Å². The third-order valence-corrected chi connectivity index (χ3v) is 5.27. The lowest BCUT2D eigenvalue weighted by atomic mass is 10.0. The minimum absolute atomic E-state index is 0.284. The summed E-state index contributed by atoms with van der Waals surface area (Å²) in [6.07, 6.45) is 8.78. The SMILES string of the molecule is O=C(Cc1ccn(C2CCCC2)n1)C1CCSC1. The average molecular weight is 264 g/mol. The number of hydrogen-bond acceptors (Lipinski definition) is 3. The molecule has 1 atom stereocenters. The van der Waals surface area contributed by atoms with Gasteiger partial charge in [-0.2, -0.15) is 16.9 Å². The summed E-state index contributed by atoms with van der Waals surface area (Å²) >= 11 is 1.90. The van der Waals surface area contributed by atoms with Gasteiger partial charge in [-0.15, -0.1) is 0 Å². The van der Waals surface area contributed by atoms with Crippen LogP contribution in [0.15, 0.2) is 12.3 Å². The fourth-order valence-corrected chi connectivity index (χ4v) is 4.21. The number of hydrogen-bond donors (Lipinski definition) is 0. The second-order valence-corrected chi connectivity index (χ2v) is 6.58. The third kappa shape index (κ3) is 2.63. The van der Waals surface area contributed by atoms with Gasteiger partial charge in [0.05, 0.1) is 18.2 Å². The quantitative estimate of drug-likeness (QED) is 0.838. The number of carbonyl (C=O) groups is 1. The zero-order valence-corrected chi connectivity index (χ0v) is 11.5. The largest absolute Gasteiger partial charge is 0.299 e. The minimum atomic E-state index is 0.284. The first kappa shape index (κ1) is 12.3. The number of ketones is 1. The Bertz CT molecular complexity index is 417. The van der Waals surface area contributed by atoms with Crippen molar-refractivity contribution >= 4 is 17.5 Å². The molecule has 1 saturated carbocycles. The van der Waals surface area contributed by atoms with E-state index in [0.29, 0.717) is 18.2 Å². The normalized spacial score (nSPS) is 24.8. The molecule has 18 heavy (non-hydrogen) atoms. The van der Waals surface area contributed by atoms with Crippen molar-refractivity contribution in [2.75, 3.05) is 11.5 Å². The summed E-state index contributed by atoms with van der Waals surface area (Å²) < 4.78 is 2.08. The third-order valence-electron chi connectivity index (χ3n) is 4.10. The van der Waals surface area contributed by atoms with E-state index in [1.54, 1.807) is 0 Å². The first-order valence-electron chi connectivity index (χ1n) is 6.97. The molecule has 0 bridgehead atoms. The van der Waals surface area contributed by atoms with Gasteiger partial charge in [-0.3, -0.25) is 9.48 Å². The molecule has 0 amide bonds. The van der Waals surface area contributed by atoms with Gasteiger partial charge in [0.2, 0.25) is 0 Å². The molecule has 1 aromatic heterocycles. The number of nitrogens with zero attached hydrogens (tertiary/aromatic N) is 2. The molecule has 1 saturated heterocycles. The van der Waals surface area contributed by atoms with Crippen LogP contribution >= 0.6 is 11.8 Å². The molecule has 1 aliphatic heterocycles. The molecule has 98 valence electrons. The van der Waals surface area contributed by atoms with E-state index in [2.05, 4.69) is 16.0 Å². The molecule has 1 aromatic rings. The zero-order chi connectivity index (χ0) is 12.4. The maximum absolute atomic E-state index is 12.1. The Labute approximate surface area is 112 Å². The molecule has 2 fully saturated rings. The summed E-state index contributed by atoms with van der Waals surface area (Å²) in [4.78, 5) is 12.1. The van der Waals surface area contributed by atoms with Crippen molar-refractivity contribution in [3.8, 4) is 0 Å². The predicted molar refractivity (Wildman–Crippen MR) is 73.9 cm³/mol. The number of aromatic nitrogens is 2. The van der Waals surface area contributed by atoms with Crippen LogP contribution in [0.1, 0.15) is 43.8 Å². The summed E-state index contributed by atoms with van der Waals surface area (Å²) in [6.45, 7) is 0. The van der Waals surface area contributed by atoms with Gasteiger partial charge in [0.15, 0.2) is 0 Å². The fraction of sp³-hybridized carbons (Fsp3) is 0.714. The van der Waals surface area contributed by atoms with Crippen LogP contribution in [0.5, 0.6) is 0 Å². The van der Waals surface area contributed by atoms with Gasteiger partial charge in [-0.1, -0.05) is 12.8 Å². The lowest BCUT2D eigenvalue weighted by molar-refractivity contribution is -0.121. The van der Waals surface area contributed by atoms with Gasteiger partial charge in [-0.25, -0.2) is 0 Å². The van der Waals surface area contributed by atoms with Crippen molar-refractivity contribution in [3.05, 3.63) is 18.0 Å². The van der Waals surface area contributed by atoms with E-state index in [4.69, 9.17) is 0 Å². The van der Waals surface area contributed by atoms with E-state index in [1.807, 2.05) is 17.8 Å². The highest BCUT2D eigenvalue weighted by atomic mass is 32.2. The van der Waals surface area contributed by atoms with Crippen LogP contribution in [0, 0.1) is 5.92 Å². The lowest BCUT2D eigenvalue weighted by Gasteiger charge is -2.09. The Morgan fingerprint density at radius 1 is 1.39 bits per heavy atom. The van der Waals surface area contributed by atoms with E-state index in [-0.39, 0.29) is 5.92 Å². The highest BCUT2D eigenvalue weighted by Gasteiger charge is 2.24. The molecule has 4 heteroatoms. The Balaban J connectivity index is 1.60. The number of carbonyl (C=O) groups excluding carboxylic acids is 1. The van der Waals surface area contributed by atoms with Crippen molar-refractivity contribution in [2.45, 2.75) is 44.6 Å². The maximum atomic E-state index is 12.1. The van der Waals surface area contributed by atoms with Gasteiger partial charge in [0.1, 0.15) is 5.78 Å². The van der Waals surface area contributed by atoms with Crippen LogP contribution in [0.4, 0.5) is 0 Å². The molecular formula is C14H20N2OS. The Morgan fingerprint density at radius 3 is 2.94 bits per heavy atom. The highest BCUT2D eigenvalue weighted by molar-refractivity contribution is 7.99. The van der Waals surface area contributed by atoms with Crippen LogP contribution in [-0.2, 0) is 11.2 Å². The zero-order valence-electron chi connectivity index (χ0n) is 10.7. The van der Waals surface area contributed by atoms with Crippen molar-refractivity contribution in [2.24, 2.45) is 5.92 Å². The first-order chi connectivity index (χ1) is 8.83. The van der Waals surface area contributed by atoms with Crippen LogP contribution in [0.2, 0.25) is 0 Å². The molecule has 1 aliphatic carbocycles. The summed E-state index contributed by atoms with van der Waals surface area (Å²) in [5, 5.41) is 4.59. The Kier molecular flexibility index (Phi) is 3.73. The van der Waals surface area contributed by atoms with Crippen molar-refractivity contribution in [1.82, 2.24) is 9.78 Å². The number of rotatable bonds is 4. The van der Waals surface area contributed by atoms with Crippen LogP contribution < -0.4 is 0 Å². The molecule has 0 N–H and O–H groups in total. The van der Waals surface area contributed by atoms with Gasteiger partial charge in [-0.05, 0) is 31.1 Å². The maximum Gasteiger partial charge on any atom is 0.142 e. The average Bonchev–Trinajstić information content (AvgIpc) is 3.12. The summed E-state index contributed by atoms with van der Waals surface area (Å²) in [5.41, 5.74) is 0.962. The molecular weight excluding hydrogens is 244 g/mol. The van der Waals surface area contributed by atoms with E-state index in [0.717, 1.165) is 23.6 Å². The molecule has 0 radical (unpaired) electrons. The molecule has 3 rings (SSSR count). The molecule has 0 spiro atoms. The molecule has 1 unspecified atom stereocenters. The highest BCUT2D eigenvalue weighted by Crippen LogP contribution is 2.29. The van der Waals surface area contributed by atoms with Crippen molar-refractivity contribution in [3.63, 3.8) is 0 Å². The Morgan fingerprint density at radius 2 is 2.22 bits per heavy atom. The second kappa shape index (κ2) is 5.47. The van der Waals surface area contributed by atoms with Crippen molar-refractivity contribution in [1.29, 1.82) is 0 Å². The van der Waals surface area contributed by atoms with E-state index in [9.17, 15) is 4.79 Å². The fourth-order valence-electron chi connectivity index (χ4n) is 2.96. The summed E-state index contributed by atoms with van der Waals surface area (Å²) in [6, 6.07) is 2.61. The summed E-state index contributed by atoms with van der Waals surface area (Å²) in [7, 11) is 0. The van der Waals surface area contributed by atoms with Gasteiger partial charge < -0.3 is 0 Å². The van der Waals surface area contributed by atoms with Crippen LogP contribution in [-0.4, -0.2) is 27.1 Å². The van der Waals surface area contributed by atoms with Gasteiger partial charge in [0, 0.05) is 17.9 Å². The lowest BCUT2D eigenvalue weighted by Crippen LogP contribution is -2.16. The van der Waals surface area contributed by atoms with Gasteiger partial charge >= 0.3 is 0 Å². The van der Waals surface area contributed by atoms with E-state index >= 15 is 0 Å². The standard InChI is InChI=1S/C14H20N2OS/c17-14(11-6-8-18-10-11)9-12-5-7-16(15-12)13-3-1-2-4-13/h5,7,11,13H,1-4,6,8-10H2. The summed E-state index contributed by atoms with van der Waals surface area (Å²) in [5.74, 6) is 2.83. The molecule has 3 nitrogen and oxygen atoms in total. The predicted octanol–water partition coefficient (Wildman–Crippen LogP) is 2.86. The number of Topliss-reactive ketones (excluding diaryl/α,β-unsaturated/α-hetero) is 1. The molecule has 2 aliphatic rings. The molecule has 0 aromatic carbocycles. The molecule has 2 heterocycles. The monoisotopic (exact) mass is 264 g/mol. The first-order valence-corrected chi connectivity index (χ1v) is 8.13.